The van der Waals surface area contributed by atoms with Crippen LogP contribution in [0.1, 0.15) is 33.3 Å². The third-order valence-electron chi connectivity index (χ3n) is 2.92. The SMILES string of the molecule is CCc1cc(Br)cc2c(I)nn(CC(=O)OC(C)(C)C)c12. The summed E-state index contributed by atoms with van der Waals surface area (Å²) in [6.07, 6.45) is 0.881. The van der Waals surface area contributed by atoms with Crippen LogP contribution >= 0.6 is 38.5 Å². The van der Waals surface area contributed by atoms with E-state index < -0.39 is 5.60 Å². The Morgan fingerprint density at radius 1 is 1.43 bits per heavy atom. The lowest BCUT2D eigenvalue weighted by atomic mass is 10.1. The van der Waals surface area contributed by atoms with Gasteiger partial charge in [0.15, 0.2) is 0 Å². The largest absolute Gasteiger partial charge is 0.459 e. The molecule has 0 saturated heterocycles. The topological polar surface area (TPSA) is 44.1 Å². The Bertz CT molecular complexity index is 689. The maximum atomic E-state index is 12.1. The predicted molar refractivity (Wildman–Crippen MR) is 95.4 cm³/mol. The van der Waals surface area contributed by atoms with Crippen molar-refractivity contribution in [1.29, 1.82) is 0 Å². The number of aryl methyl sites for hydroxylation is 1. The van der Waals surface area contributed by atoms with Crippen LogP contribution in [0.4, 0.5) is 0 Å². The van der Waals surface area contributed by atoms with Crippen molar-refractivity contribution in [3.63, 3.8) is 0 Å². The first-order valence-corrected chi connectivity index (χ1v) is 8.64. The second-order valence-corrected chi connectivity index (χ2v) is 7.79. The molecule has 0 aliphatic heterocycles. The van der Waals surface area contributed by atoms with E-state index in [2.05, 4.69) is 56.6 Å². The second-order valence-electron chi connectivity index (χ2n) is 5.85. The van der Waals surface area contributed by atoms with Crippen molar-refractivity contribution in [2.24, 2.45) is 0 Å². The third kappa shape index (κ3) is 3.97. The Kier molecular flexibility index (Phi) is 4.97. The number of hydrogen-bond acceptors (Lipinski definition) is 3. The van der Waals surface area contributed by atoms with Crippen LogP contribution in [0.2, 0.25) is 0 Å². The molecule has 114 valence electrons. The van der Waals surface area contributed by atoms with E-state index in [0.29, 0.717) is 0 Å². The van der Waals surface area contributed by atoms with E-state index in [4.69, 9.17) is 4.74 Å². The van der Waals surface area contributed by atoms with Gasteiger partial charge in [-0.2, -0.15) is 5.10 Å². The van der Waals surface area contributed by atoms with E-state index in [0.717, 1.165) is 25.5 Å². The molecule has 0 unspecified atom stereocenters. The summed E-state index contributed by atoms with van der Waals surface area (Å²) in [6.45, 7) is 7.82. The molecule has 2 aromatic rings. The molecule has 1 aromatic heterocycles. The number of ether oxygens (including phenoxy) is 1. The van der Waals surface area contributed by atoms with E-state index >= 15 is 0 Å². The number of esters is 1. The van der Waals surface area contributed by atoms with Gasteiger partial charge in [0.2, 0.25) is 0 Å². The van der Waals surface area contributed by atoms with Crippen LogP contribution in [0.25, 0.3) is 10.9 Å². The number of aromatic nitrogens is 2. The molecule has 0 bridgehead atoms. The van der Waals surface area contributed by atoms with Crippen molar-refractivity contribution >= 4 is 55.4 Å². The summed E-state index contributed by atoms with van der Waals surface area (Å²) in [7, 11) is 0. The van der Waals surface area contributed by atoms with Crippen LogP contribution in [0.5, 0.6) is 0 Å². The third-order valence-corrected chi connectivity index (χ3v) is 4.18. The highest BCUT2D eigenvalue weighted by atomic mass is 127. The van der Waals surface area contributed by atoms with E-state index in [-0.39, 0.29) is 12.5 Å². The van der Waals surface area contributed by atoms with Crippen LogP contribution in [-0.4, -0.2) is 21.4 Å². The molecule has 4 nitrogen and oxygen atoms in total. The van der Waals surface area contributed by atoms with Crippen LogP contribution in [0, 0.1) is 3.70 Å². The summed E-state index contributed by atoms with van der Waals surface area (Å²) in [5.41, 5.74) is 1.69. The van der Waals surface area contributed by atoms with Gasteiger partial charge < -0.3 is 4.74 Å². The normalized spacial score (nSPS) is 11.9. The lowest BCUT2D eigenvalue weighted by Crippen LogP contribution is -2.27. The number of rotatable bonds is 3. The molecule has 0 aliphatic carbocycles. The van der Waals surface area contributed by atoms with Crippen molar-refractivity contribution in [3.05, 3.63) is 25.9 Å². The average Bonchev–Trinajstić information content (AvgIpc) is 2.62. The zero-order chi connectivity index (χ0) is 15.8. The second kappa shape index (κ2) is 6.24. The molecule has 0 N–H and O–H groups in total. The fraction of sp³-hybridized carbons (Fsp3) is 0.467. The van der Waals surface area contributed by atoms with E-state index in [1.54, 1.807) is 4.68 Å². The fourth-order valence-electron chi connectivity index (χ4n) is 2.21. The van der Waals surface area contributed by atoms with Crippen LogP contribution in [0.3, 0.4) is 0 Å². The molecular weight excluding hydrogens is 447 g/mol. The maximum absolute atomic E-state index is 12.1. The summed E-state index contributed by atoms with van der Waals surface area (Å²) in [6, 6.07) is 4.11. The van der Waals surface area contributed by atoms with Gasteiger partial charge in [-0.25, -0.2) is 0 Å². The number of carbonyl (C=O) groups excluding carboxylic acids is 1. The lowest BCUT2D eigenvalue weighted by molar-refractivity contribution is -0.155. The number of fused-ring (bicyclic) bond motifs is 1. The molecule has 0 aliphatic rings. The minimum Gasteiger partial charge on any atom is -0.459 e. The van der Waals surface area contributed by atoms with E-state index in [1.165, 1.54) is 5.56 Å². The number of halogens is 2. The lowest BCUT2D eigenvalue weighted by Gasteiger charge is -2.19. The highest BCUT2D eigenvalue weighted by molar-refractivity contribution is 14.1. The Balaban J connectivity index is 2.43. The number of hydrogen-bond donors (Lipinski definition) is 0. The van der Waals surface area contributed by atoms with Gasteiger partial charge in [0.1, 0.15) is 15.8 Å². The van der Waals surface area contributed by atoms with E-state index in [9.17, 15) is 4.79 Å². The highest BCUT2D eigenvalue weighted by Gasteiger charge is 2.20. The van der Waals surface area contributed by atoms with E-state index in [1.807, 2.05) is 26.8 Å². The first-order chi connectivity index (χ1) is 9.71. The Labute approximate surface area is 146 Å². The summed E-state index contributed by atoms with van der Waals surface area (Å²) in [5, 5.41) is 5.55. The van der Waals surface area contributed by atoms with Crippen molar-refractivity contribution in [3.8, 4) is 0 Å². The van der Waals surface area contributed by atoms with Crippen LogP contribution in [-0.2, 0) is 22.5 Å². The minimum atomic E-state index is -0.482. The zero-order valence-corrected chi connectivity index (χ0v) is 16.3. The van der Waals surface area contributed by atoms with Crippen molar-refractivity contribution in [2.45, 2.75) is 46.3 Å². The number of benzene rings is 1. The van der Waals surface area contributed by atoms with Gasteiger partial charge in [0.25, 0.3) is 0 Å². The highest BCUT2D eigenvalue weighted by Crippen LogP contribution is 2.28. The van der Waals surface area contributed by atoms with Gasteiger partial charge in [-0.05, 0) is 67.5 Å². The standard InChI is InChI=1S/C15H18BrIN2O2/c1-5-9-6-10(16)7-11-13(9)19(18-14(11)17)8-12(20)21-15(2,3)4/h6-7H,5,8H2,1-4H3. The Hall–Kier alpha value is -0.630. The Morgan fingerprint density at radius 2 is 2.10 bits per heavy atom. The molecule has 0 atom stereocenters. The predicted octanol–water partition coefficient (Wildman–Crippen LogP) is 4.31. The summed E-state index contributed by atoms with van der Waals surface area (Å²) >= 11 is 5.72. The van der Waals surface area contributed by atoms with Gasteiger partial charge >= 0.3 is 5.97 Å². The van der Waals surface area contributed by atoms with Gasteiger partial charge in [-0.15, -0.1) is 0 Å². The number of carbonyl (C=O) groups is 1. The van der Waals surface area contributed by atoms with Gasteiger partial charge in [-0.3, -0.25) is 9.48 Å². The first-order valence-electron chi connectivity index (χ1n) is 6.77. The molecule has 0 saturated carbocycles. The van der Waals surface area contributed by atoms with Gasteiger partial charge in [-0.1, -0.05) is 22.9 Å². The maximum Gasteiger partial charge on any atom is 0.328 e. The van der Waals surface area contributed by atoms with Crippen LogP contribution < -0.4 is 0 Å². The monoisotopic (exact) mass is 464 g/mol. The van der Waals surface area contributed by atoms with Crippen molar-refractivity contribution in [2.75, 3.05) is 0 Å². The van der Waals surface area contributed by atoms with Crippen molar-refractivity contribution in [1.82, 2.24) is 9.78 Å². The molecular formula is C15H18BrIN2O2. The number of nitrogens with zero attached hydrogens (tertiary/aromatic N) is 2. The molecule has 6 heteroatoms. The molecule has 21 heavy (non-hydrogen) atoms. The quantitative estimate of drug-likeness (QED) is 0.502. The molecule has 0 radical (unpaired) electrons. The molecule has 0 spiro atoms. The molecule has 1 aromatic carbocycles. The molecule has 0 amide bonds. The van der Waals surface area contributed by atoms with Crippen molar-refractivity contribution < 1.29 is 9.53 Å². The molecule has 2 rings (SSSR count). The Morgan fingerprint density at radius 3 is 2.67 bits per heavy atom. The minimum absolute atomic E-state index is 0.130. The smallest absolute Gasteiger partial charge is 0.328 e. The summed E-state index contributed by atoms with van der Waals surface area (Å²) in [4.78, 5) is 12.1. The zero-order valence-electron chi connectivity index (χ0n) is 12.5. The first kappa shape index (κ1) is 16.7. The van der Waals surface area contributed by atoms with Gasteiger partial charge in [0, 0.05) is 9.86 Å². The molecule has 1 heterocycles. The summed E-state index contributed by atoms with van der Waals surface area (Å²) < 4.78 is 9.05. The fourth-order valence-corrected chi connectivity index (χ4v) is 3.38. The van der Waals surface area contributed by atoms with Gasteiger partial charge in [0.05, 0.1) is 5.52 Å². The average molecular weight is 465 g/mol. The van der Waals surface area contributed by atoms with Crippen LogP contribution in [0.15, 0.2) is 16.6 Å². The molecule has 0 fully saturated rings. The summed E-state index contributed by atoms with van der Waals surface area (Å²) in [5.74, 6) is -0.270.